The molecule has 2 aromatic rings. The lowest BCUT2D eigenvalue weighted by molar-refractivity contribution is -0.150. The summed E-state index contributed by atoms with van der Waals surface area (Å²) in [5.74, 6) is -14.8. The minimum atomic E-state index is -2.02. The summed E-state index contributed by atoms with van der Waals surface area (Å²) in [4.78, 5) is 205. The van der Waals surface area contributed by atoms with Crippen molar-refractivity contribution in [3.05, 3.63) is 58.2 Å². The molecule has 798 valence electrons. The number of aliphatic hydroxyl groups is 10. The number of aliphatic hydroxyl groups excluding tert-OH is 10. The number of nitrogens with zero attached hydrogens (tertiary/aromatic N) is 3. The number of ether oxygens (including phenoxy) is 13. The fourth-order valence-corrected chi connectivity index (χ4v) is 13.1. The molecule has 3 heterocycles. The van der Waals surface area contributed by atoms with Gasteiger partial charge in [0.25, 0.3) is 11.8 Å². The molecular weight excluding hydrogens is 1910 g/mol. The number of carbonyl (C=O) groups is 16. The number of esters is 1. The molecule has 0 spiro atoms. The summed E-state index contributed by atoms with van der Waals surface area (Å²) in [5, 5.41) is 130. The Hall–Kier alpha value is -11.8. The number of fused-ring (bicyclic) bond motifs is 2. The molecule has 0 saturated carbocycles. The third-order valence-corrected chi connectivity index (χ3v) is 21.0. The number of amides is 14. The van der Waals surface area contributed by atoms with Crippen LogP contribution in [0.2, 0.25) is 0 Å². The van der Waals surface area contributed by atoms with Crippen LogP contribution in [0.1, 0.15) is 93.4 Å². The molecule has 3 aliphatic rings. The van der Waals surface area contributed by atoms with Crippen LogP contribution < -0.4 is 72.1 Å². The molecule has 3 aliphatic heterocycles. The highest BCUT2D eigenvalue weighted by Crippen LogP contribution is 2.41. The molecule has 0 unspecified atom stereocenters. The van der Waals surface area contributed by atoms with E-state index in [1.54, 1.807) is 0 Å². The first-order valence-electron chi connectivity index (χ1n) is 45.5. The van der Waals surface area contributed by atoms with Crippen molar-refractivity contribution in [1.82, 2.24) is 67.9 Å². The maximum Gasteiger partial charge on any atom is 0.306 e. The largest absolute Gasteiger partial charge is 0.493 e. The normalized spacial score (nSPS) is 14.9. The number of aliphatic carboxylic acids is 1. The first-order valence-corrected chi connectivity index (χ1v) is 45.5. The minimum absolute atomic E-state index is 0.0208. The predicted molar refractivity (Wildman–Crippen MR) is 477 cm³/mol. The zero-order valence-corrected chi connectivity index (χ0v) is 78.9. The number of carboxylic acid groups (broad SMARTS) is 1. The third-order valence-electron chi connectivity index (χ3n) is 21.0. The van der Waals surface area contributed by atoms with Crippen molar-refractivity contribution in [2.24, 2.45) is 0 Å². The molecule has 0 aliphatic carbocycles. The monoisotopic (exact) mass is 2040 g/mol. The van der Waals surface area contributed by atoms with E-state index >= 15 is 8.78 Å². The summed E-state index contributed by atoms with van der Waals surface area (Å²) in [6.45, 7) is -2.50. The standard InChI is InChI=1S/C87H131F2N13O40/c1-51(142-77(123)14-12-73(118)101-45-53-36-63(131-3)85(79(89)55(53)47-101)141-18-4-17-140-84-62(130-2)35-52-44-100(46-54(52)78(84)88)72(117)11-13-76(121)122)37-91-64(109)7-6-57(99-71(116)48-102-74(119)9-10-75(102)120)87(129)97-43-70(115)95-42-69(114)94-41-68(113)93-40-67(112)90-16-20-133-22-24-135-26-28-137-30-32-139-34-33-138-31-29-136-27-25-134-23-21-132-19-15-66(111)98-56(86(128)96-39-59(106)81(125)83(127)61(108)50-104)5-8-65(110)92-38-58(105)80(124)82(126)60(107)49-103/h9-10,35-36,51,56-61,80-83,103-108,124-127H,4-8,11-34,37-50H2,1-3H3,(H,90,112)(H,91,109)(H,92,110)(H,93,113)(H,94,114)(H,95,115)(H,96,128)(H,97,129)(H,98,111)(H,99,116)(H,121,122)/t51-,56-,57-,58-,59-,60+,61+,80+,81+,82+,83+/m0/s1. The molecule has 142 heavy (non-hydrogen) atoms. The van der Waals surface area contributed by atoms with Crippen molar-refractivity contribution >= 4 is 94.6 Å². The van der Waals surface area contributed by atoms with Crippen molar-refractivity contribution in [3.8, 4) is 23.0 Å². The van der Waals surface area contributed by atoms with E-state index in [1.807, 2.05) is 0 Å². The molecule has 11 atom stereocenters. The second-order valence-corrected chi connectivity index (χ2v) is 31.9. The molecule has 0 bridgehead atoms. The fraction of sp³-hybridized carbons (Fsp3) is 0.655. The van der Waals surface area contributed by atoms with Gasteiger partial charge in [-0.15, -0.1) is 0 Å². The van der Waals surface area contributed by atoms with E-state index in [-0.39, 0.29) is 204 Å². The van der Waals surface area contributed by atoms with Gasteiger partial charge >= 0.3 is 11.9 Å². The van der Waals surface area contributed by atoms with Crippen LogP contribution in [0.5, 0.6) is 23.0 Å². The van der Waals surface area contributed by atoms with Crippen LogP contribution in [-0.4, -0.2) is 438 Å². The third kappa shape index (κ3) is 45.2. The van der Waals surface area contributed by atoms with Crippen LogP contribution in [0.25, 0.3) is 0 Å². The summed E-state index contributed by atoms with van der Waals surface area (Å²) in [5.41, 5.74) is 1.22. The van der Waals surface area contributed by atoms with E-state index in [9.17, 15) is 118 Å². The zero-order valence-electron chi connectivity index (χ0n) is 78.9. The van der Waals surface area contributed by atoms with Gasteiger partial charge in [0.15, 0.2) is 34.6 Å². The lowest BCUT2D eigenvalue weighted by atomic mass is 10.0. The highest BCUT2D eigenvalue weighted by molar-refractivity contribution is 6.14. The van der Waals surface area contributed by atoms with Crippen LogP contribution in [-0.2, 0) is 146 Å². The molecule has 0 radical (unpaired) electrons. The fourth-order valence-electron chi connectivity index (χ4n) is 13.1. The second-order valence-electron chi connectivity index (χ2n) is 31.9. The van der Waals surface area contributed by atoms with Gasteiger partial charge in [-0.1, -0.05) is 0 Å². The summed E-state index contributed by atoms with van der Waals surface area (Å²) < 4.78 is 103. The summed E-state index contributed by atoms with van der Waals surface area (Å²) in [7, 11) is 2.60. The van der Waals surface area contributed by atoms with Gasteiger partial charge in [-0.25, -0.2) is 8.78 Å². The number of carboxylic acids is 1. The minimum Gasteiger partial charge on any atom is -0.493 e. The van der Waals surface area contributed by atoms with Crippen molar-refractivity contribution in [2.45, 2.75) is 164 Å². The van der Waals surface area contributed by atoms with Crippen molar-refractivity contribution in [3.63, 3.8) is 0 Å². The predicted octanol–water partition coefficient (Wildman–Crippen LogP) is -10.1. The Morgan fingerprint density at radius 1 is 0.394 bits per heavy atom. The highest BCUT2D eigenvalue weighted by atomic mass is 19.1. The average Bonchev–Trinajstić information content (AvgIpc) is 1.63. The van der Waals surface area contributed by atoms with Gasteiger partial charge in [0.1, 0.15) is 61.4 Å². The molecule has 14 amide bonds. The van der Waals surface area contributed by atoms with Gasteiger partial charge in [0.05, 0.1) is 204 Å². The number of hydrogen-bond donors (Lipinski definition) is 21. The summed E-state index contributed by atoms with van der Waals surface area (Å²) >= 11 is 0. The number of methoxy groups -OCH3 is 2. The van der Waals surface area contributed by atoms with Crippen molar-refractivity contribution < 1.29 is 203 Å². The molecule has 21 N–H and O–H groups in total. The number of hydrogen-bond acceptors (Lipinski definition) is 39. The Bertz CT molecular complexity index is 4430. The van der Waals surface area contributed by atoms with Gasteiger partial charge in [0, 0.05) is 108 Å². The number of halogens is 2. The van der Waals surface area contributed by atoms with Gasteiger partial charge in [-0.3, -0.25) is 81.6 Å². The highest BCUT2D eigenvalue weighted by Gasteiger charge is 2.37. The number of imide groups is 1. The SMILES string of the molecule is COc1cc2c(c(F)c1OCCCOc1c(OC)cc3c(c1F)CN(C(=O)CCC(=O)O[C@@H](C)CNC(=O)CC[C@H](NC(=O)CN1C(=O)C=CC1=O)C(=O)NCC(=O)NCC(=O)NCC(=O)NCC(=O)NCCOCCOCCOCCOCCOCCOCCOCCOCCC(=O)N[C@@H](CCC(=O)NC[C@H](O)[C@@H](O)[C@H](O)[C@H](O)CO)C(=O)NC[C@H](O)[C@@H](O)[C@H](O)[C@H](O)CO)C3)CN(C(=O)CCC(=O)O)C2. The average molecular weight is 2040 g/mol. The molecule has 55 heteroatoms. The Labute approximate surface area is 813 Å². The lowest BCUT2D eigenvalue weighted by Crippen LogP contribution is -2.53. The van der Waals surface area contributed by atoms with Crippen LogP contribution >= 0.6 is 0 Å². The first-order chi connectivity index (χ1) is 67.9. The van der Waals surface area contributed by atoms with Crippen LogP contribution in [0.3, 0.4) is 0 Å². The van der Waals surface area contributed by atoms with Gasteiger partial charge in [-0.05, 0) is 43.0 Å². The number of nitrogens with one attached hydrogen (secondary N) is 10. The lowest BCUT2D eigenvalue weighted by Gasteiger charge is -2.26. The van der Waals surface area contributed by atoms with E-state index in [2.05, 4.69) is 53.2 Å². The van der Waals surface area contributed by atoms with Gasteiger partial charge < -0.3 is 181 Å². The molecule has 2 aromatic carbocycles. The molecular formula is C87H131F2N13O40. The van der Waals surface area contributed by atoms with Gasteiger partial charge in [0.2, 0.25) is 70.9 Å². The zero-order chi connectivity index (χ0) is 105. The maximum absolute atomic E-state index is 16.1. The van der Waals surface area contributed by atoms with E-state index in [4.69, 9.17) is 76.9 Å². The van der Waals surface area contributed by atoms with E-state index < -0.39 is 258 Å². The van der Waals surface area contributed by atoms with E-state index in [0.717, 1.165) is 12.2 Å². The molecule has 0 aromatic heterocycles. The summed E-state index contributed by atoms with van der Waals surface area (Å²) in [6, 6.07) is 0.0562. The summed E-state index contributed by atoms with van der Waals surface area (Å²) in [6.07, 6.45) is -17.6. The van der Waals surface area contributed by atoms with Crippen LogP contribution in [0, 0.1) is 11.6 Å². The Morgan fingerprint density at radius 2 is 0.761 bits per heavy atom. The molecule has 0 saturated heterocycles. The molecule has 5 rings (SSSR count). The van der Waals surface area contributed by atoms with Gasteiger partial charge in [-0.2, -0.15) is 0 Å². The Kier molecular flexibility index (Phi) is 56.9. The van der Waals surface area contributed by atoms with E-state index in [1.165, 1.54) is 43.1 Å². The number of carbonyl (C=O) groups excluding carboxylic acids is 15. The number of benzene rings is 2. The topological polar surface area (TPSA) is 746 Å². The van der Waals surface area contributed by atoms with E-state index in [0.29, 0.717) is 42.5 Å². The van der Waals surface area contributed by atoms with Crippen LogP contribution in [0.4, 0.5) is 8.78 Å². The Morgan fingerprint density at radius 3 is 1.18 bits per heavy atom. The number of rotatable bonds is 76. The van der Waals surface area contributed by atoms with Crippen LogP contribution in [0.15, 0.2) is 24.3 Å². The second kappa shape index (κ2) is 66.9. The quantitative estimate of drug-likeness (QED) is 0.0166. The first kappa shape index (κ1) is 121. The van der Waals surface area contributed by atoms with Crippen molar-refractivity contribution in [2.75, 3.05) is 205 Å². The Balaban J connectivity index is 0.837. The smallest absolute Gasteiger partial charge is 0.306 e. The molecule has 0 fully saturated rings. The van der Waals surface area contributed by atoms with Crippen molar-refractivity contribution in [1.29, 1.82) is 0 Å². The molecule has 53 nitrogen and oxygen atoms in total. The maximum atomic E-state index is 16.1.